The van der Waals surface area contributed by atoms with Gasteiger partial charge in [-0.15, -0.1) is 0 Å². The molecule has 0 spiro atoms. The third-order valence-corrected chi connectivity index (χ3v) is 9.10. The number of nitrogens with zero attached hydrogens (tertiary/aromatic N) is 2. The molecule has 1 unspecified atom stereocenters. The Bertz CT molecular complexity index is 1740. The zero-order valence-electron chi connectivity index (χ0n) is 27.1. The van der Waals surface area contributed by atoms with Crippen molar-refractivity contribution in [3.8, 4) is 28.0 Å². The van der Waals surface area contributed by atoms with E-state index in [9.17, 15) is 14.7 Å². The molecule has 1 aliphatic heterocycles. The van der Waals surface area contributed by atoms with Crippen LogP contribution in [-0.4, -0.2) is 54.0 Å². The van der Waals surface area contributed by atoms with Crippen LogP contribution in [0.3, 0.4) is 0 Å². The van der Waals surface area contributed by atoms with Gasteiger partial charge in [0, 0.05) is 43.5 Å². The van der Waals surface area contributed by atoms with Crippen molar-refractivity contribution < 1.29 is 19.4 Å². The first kappa shape index (κ1) is 31.3. The number of carbonyl (C=O) groups excluding carboxylic acids is 2. The number of ether oxygens (including phenoxy) is 1. The maximum atomic E-state index is 12.4. The molecule has 236 valence electrons. The quantitative estimate of drug-likeness (QED) is 0.167. The van der Waals surface area contributed by atoms with Crippen molar-refractivity contribution in [3.05, 3.63) is 113 Å². The molecule has 4 aromatic carbocycles. The van der Waals surface area contributed by atoms with E-state index in [1.807, 2.05) is 45.0 Å². The molecule has 6 nitrogen and oxygen atoms in total. The normalized spacial score (nSPS) is 15.7. The number of hydrogen-bond acceptors (Lipinski definition) is 6. The molecule has 1 N–H and O–H groups in total. The number of anilines is 1. The van der Waals surface area contributed by atoms with Crippen LogP contribution < -0.4 is 4.90 Å². The Labute approximate surface area is 271 Å². The van der Waals surface area contributed by atoms with Gasteiger partial charge in [0.1, 0.15) is 11.4 Å². The van der Waals surface area contributed by atoms with Crippen molar-refractivity contribution in [1.82, 2.24) is 4.90 Å². The summed E-state index contributed by atoms with van der Waals surface area (Å²) in [5.41, 5.74) is 8.96. The summed E-state index contributed by atoms with van der Waals surface area (Å²) >= 11 is 0. The first-order valence-electron chi connectivity index (χ1n) is 16.1. The molecule has 6 heteroatoms. The molecule has 1 atom stereocenters. The molecule has 6 rings (SSSR count). The Morgan fingerprint density at radius 3 is 2.09 bits per heavy atom. The van der Waals surface area contributed by atoms with Gasteiger partial charge in [-0.05, 0) is 104 Å². The van der Waals surface area contributed by atoms with Crippen molar-refractivity contribution >= 4 is 24.0 Å². The van der Waals surface area contributed by atoms with Crippen LogP contribution in [0, 0.1) is 0 Å². The summed E-state index contributed by atoms with van der Waals surface area (Å²) in [5.74, 6) is -0.183. The zero-order valence-corrected chi connectivity index (χ0v) is 27.1. The predicted molar refractivity (Wildman–Crippen MR) is 186 cm³/mol. The standard InChI is InChI=1S/C40H42N2O4/c1-27(41-21-23-42(24-22-41)34-19-17-32(18-20-34)39(45)46-40(2,3)4)28-9-11-29(12-10-28)30-13-15-31(16-14-30)37-25-33(26-43)38(44)36-8-6-5-7-35(36)37/h5,7,9-20,25-27,44H,6,8,21-24H2,1-4H3. The second-order valence-electron chi connectivity index (χ2n) is 13.3. The topological polar surface area (TPSA) is 70.1 Å². The number of esters is 1. The highest BCUT2D eigenvalue weighted by Gasteiger charge is 2.24. The molecule has 0 saturated carbocycles. The summed E-state index contributed by atoms with van der Waals surface area (Å²) < 4.78 is 5.49. The van der Waals surface area contributed by atoms with Crippen molar-refractivity contribution in [2.24, 2.45) is 0 Å². The van der Waals surface area contributed by atoms with E-state index in [0.29, 0.717) is 17.2 Å². The van der Waals surface area contributed by atoms with E-state index < -0.39 is 5.60 Å². The molecule has 0 amide bonds. The largest absolute Gasteiger partial charge is 0.507 e. The van der Waals surface area contributed by atoms with E-state index in [0.717, 1.165) is 84.4 Å². The maximum absolute atomic E-state index is 12.4. The van der Waals surface area contributed by atoms with Crippen LogP contribution in [-0.2, 0) is 11.2 Å². The van der Waals surface area contributed by atoms with Crippen LogP contribution in [0.5, 0.6) is 5.75 Å². The van der Waals surface area contributed by atoms with Gasteiger partial charge in [-0.25, -0.2) is 4.79 Å². The highest BCUT2D eigenvalue weighted by molar-refractivity contribution is 5.90. The number of fused-ring (bicyclic) bond motifs is 1. The molecule has 2 aliphatic rings. The van der Waals surface area contributed by atoms with Crippen LogP contribution >= 0.6 is 0 Å². The van der Waals surface area contributed by atoms with E-state index in [1.54, 1.807) is 6.07 Å². The van der Waals surface area contributed by atoms with Crippen LogP contribution in [0.25, 0.3) is 28.3 Å². The predicted octanol–water partition coefficient (Wildman–Crippen LogP) is 8.34. The first-order valence-corrected chi connectivity index (χ1v) is 16.1. The van der Waals surface area contributed by atoms with E-state index in [2.05, 4.69) is 77.4 Å². The average molecular weight is 615 g/mol. The number of allylic oxidation sites excluding steroid dienone is 1. The number of aldehydes is 1. The van der Waals surface area contributed by atoms with Gasteiger partial charge in [0.15, 0.2) is 6.29 Å². The Morgan fingerprint density at radius 2 is 1.48 bits per heavy atom. The Balaban J connectivity index is 1.08. The van der Waals surface area contributed by atoms with Gasteiger partial charge in [-0.3, -0.25) is 9.69 Å². The average Bonchev–Trinajstić information content (AvgIpc) is 3.08. The minimum atomic E-state index is -0.508. The van der Waals surface area contributed by atoms with E-state index in [1.165, 1.54) is 5.56 Å². The lowest BCUT2D eigenvalue weighted by molar-refractivity contribution is 0.00694. The smallest absolute Gasteiger partial charge is 0.338 e. The molecule has 0 radical (unpaired) electrons. The molecule has 0 bridgehead atoms. The summed E-state index contributed by atoms with van der Waals surface area (Å²) in [4.78, 5) is 28.9. The number of rotatable bonds is 7. The first-order chi connectivity index (χ1) is 22.1. The van der Waals surface area contributed by atoms with Gasteiger partial charge in [0.2, 0.25) is 0 Å². The van der Waals surface area contributed by atoms with Gasteiger partial charge in [0.05, 0.1) is 11.1 Å². The molecule has 1 heterocycles. The summed E-state index contributed by atoms with van der Waals surface area (Å²) in [6.07, 6.45) is 6.51. The number of phenols is 1. The van der Waals surface area contributed by atoms with Crippen molar-refractivity contribution in [1.29, 1.82) is 0 Å². The summed E-state index contributed by atoms with van der Waals surface area (Å²) in [5, 5.41) is 10.6. The van der Waals surface area contributed by atoms with Crippen LogP contribution in [0.15, 0.2) is 84.9 Å². The monoisotopic (exact) mass is 614 g/mol. The van der Waals surface area contributed by atoms with Crippen molar-refractivity contribution in [3.63, 3.8) is 0 Å². The third kappa shape index (κ3) is 6.63. The maximum Gasteiger partial charge on any atom is 0.338 e. The molecular formula is C40H42N2O4. The fourth-order valence-corrected chi connectivity index (χ4v) is 6.49. The molecular weight excluding hydrogens is 572 g/mol. The summed E-state index contributed by atoms with van der Waals surface area (Å²) in [6.45, 7) is 11.7. The van der Waals surface area contributed by atoms with E-state index in [4.69, 9.17) is 4.74 Å². The highest BCUT2D eigenvalue weighted by atomic mass is 16.6. The van der Waals surface area contributed by atoms with Gasteiger partial charge in [0.25, 0.3) is 0 Å². The van der Waals surface area contributed by atoms with Crippen LogP contribution in [0.4, 0.5) is 5.69 Å². The lowest BCUT2D eigenvalue weighted by Crippen LogP contribution is -2.47. The number of benzene rings is 4. The van der Waals surface area contributed by atoms with Crippen LogP contribution in [0.2, 0.25) is 0 Å². The number of hydrogen-bond donors (Lipinski definition) is 1. The van der Waals surface area contributed by atoms with Gasteiger partial charge >= 0.3 is 5.97 Å². The van der Waals surface area contributed by atoms with E-state index >= 15 is 0 Å². The summed E-state index contributed by atoms with van der Waals surface area (Å²) in [7, 11) is 0. The fourth-order valence-electron chi connectivity index (χ4n) is 6.49. The second kappa shape index (κ2) is 13.0. The zero-order chi connectivity index (χ0) is 32.4. The third-order valence-electron chi connectivity index (χ3n) is 9.10. The highest BCUT2D eigenvalue weighted by Crippen LogP contribution is 2.39. The van der Waals surface area contributed by atoms with Gasteiger partial charge < -0.3 is 14.7 Å². The SMILES string of the molecule is CC(c1ccc(-c2ccc(-c3cc(C=O)c(O)c4c3C=CCC4)cc2)cc1)N1CCN(c2ccc(C(=O)OC(C)(C)C)cc2)CC1. The Morgan fingerprint density at radius 1 is 0.870 bits per heavy atom. The number of carbonyl (C=O) groups is 2. The van der Waals surface area contributed by atoms with Crippen molar-refractivity contribution in [2.75, 3.05) is 31.1 Å². The van der Waals surface area contributed by atoms with Crippen molar-refractivity contribution in [2.45, 2.75) is 52.2 Å². The Kier molecular flexibility index (Phi) is 8.83. The fraction of sp³-hybridized carbons (Fsp3) is 0.300. The molecule has 0 aromatic heterocycles. The molecule has 4 aromatic rings. The molecule has 1 saturated heterocycles. The number of aromatic hydroxyl groups is 1. The summed E-state index contributed by atoms with van der Waals surface area (Å²) in [6, 6.07) is 27.1. The molecule has 46 heavy (non-hydrogen) atoms. The lowest BCUT2D eigenvalue weighted by atomic mass is 9.87. The number of phenolic OH excluding ortho intramolecular Hbond substituents is 1. The lowest BCUT2D eigenvalue weighted by Gasteiger charge is -2.39. The molecule has 1 fully saturated rings. The van der Waals surface area contributed by atoms with Crippen LogP contribution in [0.1, 0.15) is 77.6 Å². The minimum Gasteiger partial charge on any atom is -0.507 e. The van der Waals surface area contributed by atoms with Gasteiger partial charge in [-0.1, -0.05) is 60.7 Å². The molecule has 1 aliphatic carbocycles. The van der Waals surface area contributed by atoms with Gasteiger partial charge in [-0.2, -0.15) is 0 Å². The Hall–Kier alpha value is -4.68. The number of piperazine rings is 1. The second-order valence-corrected chi connectivity index (χ2v) is 13.3. The minimum absolute atomic E-state index is 0.109. The van der Waals surface area contributed by atoms with E-state index in [-0.39, 0.29) is 11.7 Å².